The van der Waals surface area contributed by atoms with E-state index in [0.717, 1.165) is 12.3 Å². The molecule has 0 spiro atoms. The lowest BCUT2D eigenvalue weighted by Gasteiger charge is -2.10. The fraction of sp³-hybridized carbons (Fsp3) is 0.143. The topological polar surface area (TPSA) is 126 Å². The third-order valence-corrected chi connectivity index (χ3v) is 4.15. The van der Waals surface area contributed by atoms with Crippen molar-refractivity contribution in [2.45, 2.75) is 11.8 Å². The maximum atomic E-state index is 12.2. The predicted molar refractivity (Wildman–Crippen MR) is 81.3 cm³/mol. The molecule has 1 aromatic heterocycles. The van der Waals surface area contributed by atoms with Gasteiger partial charge in [-0.25, -0.2) is 18.2 Å². The van der Waals surface area contributed by atoms with Gasteiger partial charge in [0.1, 0.15) is 10.6 Å². The Labute approximate surface area is 132 Å². The molecule has 2 aromatic rings. The van der Waals surface area contributed by atoms with Gasteiger partial charge in [-0.2, -0.15) is 0 Å². The van der Waals surface area contributed by atoms with E-state index >= 15 is 0 Å². The van der Waals surface area contributed by atoms with E-state index in [2.05, 4.69) is 9.71 Å². The third kappa shape index (κ3) is 3.89. The number of carboxylic acid groups (broad SMARTS) is 1. The van der Waals surface area contributed by atoms with Gasteiger partial charge in [-0.15, -0.1) is 0 Å². The molecule has 0 aliphatic heterocycles. The summed E-state index contributed by atoms with van der Waals surface area (Å²) in [6.07, 6.45) is 1.12. The number of phenols is 1. The number of hydrogen-bond acceptors (Lipinski definition) is 6. The number of nitrogens with one attached hydrogen (secondary N) is 1. The number of carboxylic acids is 1. The lowest BCUT2D eigenvalue weighted by atomic mass is 10.2. The lowest BCUT2D eigenvalue weighted by Crippen LogP contribution is -2.13. The first-order valence-corrected chi connectivity index (χ1v) is 8.00. The predicted octanol–water partition coefficient (Wildman–Crippen LogP) is 1.68. The number of rotatable bonds is 6. The van der Waals surface area contributed by atoms with E-state index in [1.807, 2.05) is 0 Å². The lowest BCUT2D eigenvalue weighted by molar-refractivity contribution is 0.0696. The second-order valence-electron chi connectivity index (χ2n) is 4.41. The van der Waals surface area contributed by atoms with Crippen molar-refractivity contribution in [2.24, 2.45) is 0 Å². The first-order valence-electron chi connectivity index (χ1n) is 6.51. The Bertz CT molecular complexity index is 818. The summed E-state index contributed by atoms with van der Waals surface area (Å²) in [5, 5.41) is 18.5. The van der Waals surface area contributed by atoms with E-state index < -0.39 is 21.7 Å². The molecule has 0 saturated heterocycles. The second kappa shape index (κ2) is 6.53. The quantitative estimate of drug-likeness (QED) is 0.684. The normalized spacial score (nSPS) is 11.0. The van der Waals surface area contributed by atoms with Crippen LogP contribution in [0, 0.1) is 0 Å². The number of sulfonamides is 1. The van der Waals surface area contributed by atoms with Crippen molar-refractivity contribution >= 4 is 21.7 Å². The Morgan fingerprint density at radius 3 is 2.57 bits per heavy atom. The molecule has 9 heteroatoms. The summed E-state index contributed by atoms with van der Waals surface area (Å²) in [5.74, 6) is -1.43. The van der Waals surface area contributed by atoms with Gasteiger partial charge in [-0.05, 0) is 31.2 Å². The Balaban J connectivity index is 2.25. The van der Waals surface area contributed by atoms with Gasteiger partial charge in [0.15, 0.2) is 0 Å². The zero-order chi connectivity index (χ0) is 17.0. The summed E-state index contributed by atoms with van der Waals surface area (Å²) in [5.41, 5.74) is -0.294. The van der Waals surface area contributed by atoms with Crippen molar-refractivity contribution in [1.29, 1.82) is 0 Å². The SMILES string of the molecule is CCOc1ccc(S(=O)(=O)Nc2ccc(C(=O)O)cc2O)cn1. The van der Waals surface area contributed by atoms with Crippen LogP contribution in [0.25, 0.3) is 0 Å². The molecule has 0 amide bonds. The number of aromatic carboxylic acids is 1. The summed E-state index contributed by atoms with van der Waals surface area (Å²) < 4.78 is 31.7. The molecule has 0 aliphatic carbocycles. The number of aromatic nitrogens is 1. The van der Waals surface area contributed by atoms with Crippen molar-refractivity contribution in [1.82, 2.24) is 4.98 Å². The molecule has 3 N–H and O–H groups in total. The number of anilines is 1. The maximum absolute atomic E-state index is 12.2. The average Bonchev–Trinajstić information content (AvgIpc) is 2.50. The molecular weight excluding hydrogens is 324 g/mol. The van der Waals surface area contributed by atoms with Crippen LogP contribution in [0.3, 0.4) is 0 Å². The fourth-order valence-corrected chi connectivity index (χ4v) is 2.73. The number of hydrogen-bond donors (Lipinski definition) is 3. The molecule has 0 radical (unpaired) electrons. The highest BCUT2D eigenvalue weighted by atomic mass is 32.2. The van der Waals surface area contributed by atoms with E-state index in [9.17, 15) is 18.3 Å². The number of pyridine rings is 1. The van der Waals surface area contributed by atoms with Gasteiger partial charge in [0.05, 0.1) is 24.1 Å². The van der Waals surface area contributed by atoms with Gasteiger partial charge in [0, 0.05) is 6.07 Å². The Hall–Kier alpha value is -2.81. The molecular formula is C14H14N2O6S. The number of phenolic OH excluding ortho intramolecular Hbond substituents is 1. The molecule has 1 heterocycles. The molecule has 8 nitrogen and oxygen atoms in total. The highest BCUT2D eigenvalue weighted by Crippen LogP contribution is 2.27. The van der Waals surface area contributed by atoms with E-state index in [1.165, 1.54) is 24.3 Å². The van der Waals surface area contributed by atoms with E-state index in [-0.39, 0.29) is 16.1 Å². The molecule has 2 rings (SSSR count). The maximum Gasteiger partial charge on any atom is 0.335 e. The fourth-order valence-electron chi connectivity index (χ4n) is 1.71. The second-order valence-corrected chi connectivity index (χ2v) is 6.09. The molecule has 0 aliphatic rings. The average molecular weight is 338 g/mol. The van der Waals surface area contributed by atoms with Crippen molar-refractivity contribution < 1.29 is 28.2 Å². The van der Waals surface area contributed by atoms with Gasteiger partial charge >= 0.3 is 5.97 Å². The van der Waals surface area contributed by atoms with Gasteiger partial charge < -0.3 is 14.9 Å². The van der Waals surface area contributed by atoms with E-state index in [0.29, 0.717) is 12.5 Å². The largest absolute Gasteiger partial charge is 0.506 e. The zero-order valence-corrected chi connectivity index (χ0v) is 12.9. The van der Waals surface area contributed by atoms with Crippen LogP contribution in [0.1, 0.15) is 17.3 Å². The van der Waals surface area contributed by atoms with Crippen molar-refractivity contribution in [2.75, 3.05) is 11.3 Å². The highest BCUT2D eigenvalue weighted by Gasteiger charge is 2.17. The van der Waals surface area contributed by atoms with Crippen LogP contribution < -0.4 is 9.46 Å². The molecule has 1 aromatic carbocycles. The van der Waals surface area contributed by atoms with Gasteiger partial charge in [-0.3, -0.25) is 4.72 Å². The first kappa shape index (κ1) is 16.6. The molecule has 0 saturated carbocycles. The van der Waals surface area contributed by atoms with Crippen molar-refractivity contribution in [3.8, 4) is 11.6 Å². The standard InChI is InChI=1S/C14H14N2O6S/c1-2-22-13-6-4-10(8-15-13)23(20,21)16-11-5-3-9(14(18)19)7-12(11)17/h3-8,16-17H,2H2,1H3,(H,18,19). The number of aromatic hydroxyl groups is 1. The van der Waals surface area contributed by atoms with Gasteiger partial charge in [-0.1, -0.05) is 0 Å². The number of nitrogens with zero attached hydrogens (tertiary/aromatic N) is 1. The minimum Gasteiger partial charge on any atom is -0.506 e. The summed E-state index contributed by atoms with van der Waals surface area (Å²) in [6, 6.07) is 6.01. The summed E-state index contributed by atoms with van der Waals surface area (Å²) in [4.78, 5) is 14.5. The van der Waals surface area contributed by atoms with Crippen LogP contribution in [0.5, 0.6) is 11.6 Å². The minimum atomic E-state index is -3.98. The van der Waals surface area contributed by atoms with Crippen LogP contribution in [0.2, 0.25) is 0 Å². The smallest absolute Gasteiger partial charge is 0.335 e. The molecule has 0 fully saturated rings. The zero-order valence-electron chi connectivity index (χ0n) is 12.1. The Morgan fingerprint density at radius 2 is 2.04 bits per heavy atom. The van der Waals surface area contributed by atoms with Crippen LogP contribution in [0.15, 0.2) is 41.4 Å². The van der Waals surface area contributed by atoms with Crippen LogP contribution in [-0.4, -0.2) is 36.2 Å². The molecule has 0 bridgehead atoms. The molecule has 0 atom stereocenters. The Morgan fingerprint density at radius 1 is 1.30 bits per heavy atom. The van der Waals surface area contributed by atoms with Gasteiger partial charge in [0.25, 0.3) is 10.0 Å². The molecule has 23 heavy (non-hydrogen) atoms. The van der Waals surface area contributed by atoms with Gasteiger partial charge in [0.2, 0.25) is 5.88 Å². The van der Waals surface area contributed by atoms with Crippen molar-refractivity contribution in [3.05, 3.63) is 42.1 Å². The molecule has 122 valence electrons. The minimum absolute atomic E-state index is 0.123. The van der Waals surface area contributed by atoms with E-state index in [1.54, 1.807) is 6.92 Å². The number of carbonyl (C=O) groups is 1. The number of ether oxygens (including phenoxy) is 1. The summed E-state index contributed by atoms with van der Waals surface area (Å²) in [6.45, 7) is 2.18. The monoisotopic (exact) mass is 338 g/mol. The summed E-state index contributed by atoms with van der Waals surface area (Å²) >= 11 is 0. The van der Waals surface area contributed by atoms with Crippen LogP contribution in [0.4, 0.5) is 5.69 Å². The van der Waals surface area contributed by atoms with Crippen LogP contribution in [-0.2, 0) is 10.0 Å². The molecule has 0 unspecified atom stereocenters. The van der Waals surface area contributed by atoms with E-state index in [4.69, 9.17) is 9.84 Å². The summed E-state index contributed by atoms with van der Waals surface area (Å²) in [7, 11) is -3.98. The number of benzene rings is 1. The Kier molecular flexibility index (Phi) is 4.70. The van der Waals surface area contributed by atoms with Crippen molar-refractivity contribution in [3.63, 3.8) is 0 Å². The highest BCUT2D eigenvalue weighted by molar-refractivity contribution is 7.92. The van der Waals surface area contributed by atoms with Crippen LogP contribution >= 0.6 is 0 Å². The first-order chi connectivity index (χ1) is 10.8. The third-order valence-electron chi connectivity index (χ3n) is 2.80.